The number of piperidine rings is 2. The number of urea groups is 1. The van der Waals surface area contributed by atoms with Crippen molar-refractivity contribution in [1.82, 2.24) is 14.9 Å². The Labute approximate surface area is 187 Å². The molecule has 1 unspecified atom stereocenters. The third-order valence-corrected chi connectivity index (χ3v) is 8.35. The lowest BCUT2D eigenvalue weighted by molar-refractivity contribution is -0.250. The Morgan fingerprint density at radius 2 is 1.61 bits per heavy atom. The monoisotopic (exact) mass is 425 g/mol. The minimum absolute atomic E-state index is 0.168. The van der Waals surface area contributed by atoms with Gasteiger partial charge in [0.15, 0.2) is 0 Å². The standard InChI is InChI=1S/C26H39N3O2/c30-25(27-17-12-23(13-18-27)22-8-3-1-4-9-22)28-16-7-14-26(20-28)15-19-29(31-21-26)24-10-5-2-6-11-24/h1,3-4,8-9,23-24H,2,5-7,10-21H2. The molecule has 5 nitrogen and oxygen atoms in total. The van der Waals surface area contributed by atoms with E-state index in [1.165, 1.54) is 50.5 Å². The van der Waals surface area contributed by atoms with Crippen molar-refractivity contribution in [2.24, 2.45) is 5.41 Å². The predicted octanol–water partition coefficient (Wildman–Crippen LogP) is 5.04. The molecule has 4 fully saturated rings. The van der Waals surface area contributed by atoms with E-state index in [1.54, 1.807) is 0 Å². The van der Waals surface area contributed by atoms with Crippen molar-refractivity contribution in [3.8, 4) is 0 Å². The molecule has 1 atom stereocenters. The van der Waals surface area contributed by atoms with E-state index in [-0.39, 0.29) is 11.4 Å². The third kappa shape index (κ3) is 4.78. The number of hydrogen-bond acceptors (Lipinski definition) is 3. The molecule has 3 saturated heterocycles. The fraction of sp³-hybridized carbons (Fsp3) is 0.731. The summed E-state index contributed by atoms with van der Waals surface area (Å²) in [7, 11) is 0. The van der Waals surface area contributed by atoms with E-state index < -0.39 is 0 Å². The normalized spacial score (nSPS) is 29.4. The van der Waals surface area contributed by atoms with Crippen LogP contribution in [0.15, 0.2) is 30.3 Å². The van der Waals surface area contributed by atoms with Gasteiger partial charge in [-0.3, -0.25) is 4.84 Å². The highest BCUT2D eigenvalue weighted by Crippen LogP contribution is 2.39. The molecule has 5 rings (SSSR count). The quantitative estimate of drug-likeness (QED) is 0.666. The van der Waals surface area contributed by atoms with Crippen LogP contribution in [0.4, 0.5) is 4.79 Å². The lowest BCUT2D eigenvalue weighted by atomic mass is 9.77. The molecule has 5 heteroatoms. The van der Waals surface area contributed by atoms with Crippen LogP contribution in [0.3, 0.4) is 0 Å². The van der Waals surface area contributed by atoms with Crippen LogP contribution in [-0.2, 0) is 4.84 Å². The van der Waals surface area contributed by atoms with Crippen molar-refractivity contribution in [3.63, 3.8) is 0 Å². The maximum atomic E-state index is 13.3. The zero-order valence-corrected chi connectivity index (χ0v) is 19.0. The van der Waals surface area contributed by atoms with Gasteiger partial charge in [0.25, 0.3) is 0 Å². The molecule has 3 heterocycles. The number of hydrogen-bond donors (Lipinski definition) is 0. The molecule has 1 aliphatic carbocycles. The first-order chi connectivity index (χ1) is 15.2. The van der Waals surface area contributed by atoms with Gasteiger partial charge < -0.3 is 9.80 Å². The van der Waals surface area contributed by atoms with Gasteiger partial charge in [-0.05, 0) is 56.4 Å². The predicted molar refractivity (Wildman–Crippen MR) is 123 cm³/mol. The average Bonchev–Trinajstić information content (AvgIpc) is 2.85. The smallest absolute Gasteiger partial charge is 0.320 e. The van der Waals surface area contributed by atoms with Gasteiger partial charge in [-0.15, -0.1) is 0 Å². The van der Waals surface area contributed by atoms with E-state index in [0.717, 1.165) is 58.6 Å². The van der Waals surface area contributed by atoms with Crippen LogP contribution in [0.5, 0.6) is 0 Å². The van der Waals surface area contributed by atoms with Crippen LogP contribution < -0.4 is 0 Å². The van der Waals surface area contributed by atoms with Gasteiger partial charge >= 0.3 is 6.03 Å². The van der Waals surface area contributed by atoms with Crippen LogP contribution >= 0.6 is 0 Å². The van der Waals surface area contributed by atoms with Crippen molar-refractivity contribution in [2.45, 2.75) is 76.2 Å². The summed E-state index contributed by atoms with van der Waals surface area (Å²) in [4.78, 5) is 23.9. The number of carbonyl (C=O) groups excluding carboxylic acids is 1. The second-order valence-corrected chi connectivity index (χ2v) is 10.4. The van der Waals surface area contributed by atoms with E-state index >= 15 is 0 Å². The SMILES string of the molecule is O=C(N1CCC(c2ccccc2)CC1)N1CCCC2(CCN(C3CCCCC3)OC2)C1. The summed E-state index contributed by atoms with van der Waals surface area (Å²) in [6.45, 7) is 5.38. The molecule has 1 spiro atoms. The van der Waals surface area contributed by atoms with Gasteiger partial charge in [-0.2, -0.15) is 5.06 Å². The molecule has 3 aliphatic heterocycles. The van der Waals surface area contributed by atoms with E-state index in [0.29, 0.717) is 12.0 Å². The Morgan fingerprint density at radius 3 is 2.32 bits per heavy atom. The summed E-state index contributed by atoms with van der Waals surface area (Å²) in [5.74, 6) is 0.593. The van der Waals surface area contributed by atoms with Crippen LogP contribution in [0.25, 0.3) is 0 Å². The zero-order chi connectivity index (χ0) is 21.1. The van der Waals surface area contributed by atoms with Crippen LogP contribution in [0.2, 0.25) is 0 Å². The Bertz CT molecular complexity index is 717. The maximum absolute atomic E-state index is 13.3. The second kappa shape index (κ2) is 9.50. The second-order valence-electron chi connectivity index (χ2n) is 10.4. The van der Waals surface area contributed by atoms with Gasteiger partial charge in [-0.25, -0.2) is 4.79 Å². The molecule has 1 aromatic rings. The van der Waals surface area contributed by atoms with E-state index in [9.17, 15) is 4.79 Å². The number of benzene rings is 1. The first kappa shape index (κ1) is 21.3. The van der Waals surface area contributed by atoms with Crippen molar-refractivity contribution >= 4 is 6.03 Å². The van der Waals surface area contributed by atoms with Crippen molar-refractivity contribution in [1.29, 1.82) is 0 Å². The molecule has 0 aromatic heterocycles. The number of carbonyl (C=O) groups is 1. The van der Waals surface area contributed by atoms with Gasteiger partial charge in [0.2, 0.25) is 0 Å². The molecule has 4 aliphatic rings. The number of rotatable bonds is 2. The van der Waals surface area contributed by atoms with Crippen LogP contribution in [0, 0.1) is 5.41 Å². The molecule has 2 amide bonds. The first-order valence-corrected chi connectivity index (χ1v) is 12.7. The molecule has 1 aromatic carbocycles. The van der Waals surface area contributed by atoms with Gasteiger partial charge in [0.1, 0.15) is 0 Å². The number of hydroxylamine groups is 2. The Balaban J connectivity index is 1.13. The molecular formula is C26H39N3O2. The van der Waals surface area contributed by atoms with E-state index in [1.807, 2.05) is 0 Å². The Morgan fingerprint density at radius 1 is 0.839 bits per heavy atom. The first-order valence-electron chi connectivity index (χ1n) is 12.7. The minimum Gasteiger partial charge on any atom is -0.325 e. The summed E-state index contributed by atoms with van der Waals surface area (Å²) in [6.07, 6.45) is 12.3. The average molecular weight is 426 g/mol. The van der Waals surface area contributed by atoms with Gasteiger partial charge in [0, 0.05) is 44.2 Å². The van der Waals surface area contributed by atoms with Crippen LogP contribution in [0.1, 0.15) is 75.7 Å². The lowest BCUT2D eigenvalue weighted by Gasteiger charge is -2.49. The molecule has 0 bridgehead atoms. The van der Waals surface area contributed by atoms with E-state index in [4.69, 9.17) is 4.84 Å². The highest BCUT2D eigenvalue weighted by molar-refractivity contribution is 5.74. The van der Waals surface area contributed by atoms with Crippen molar-refractivity contribution in [3.05, 3.63) is 35.9 Å². The van der Waals surface area contributed by atoms with Gasteiger partial charge in [0.05, 0.1) is 6.61 Å². The molecular weight excluding hydrogens is 386 g/mol. The summed E-state index contributed by atoms with van der Waals surface area (Å²) < 4.78 is 0. The maximum Gasteiger partial charge on any atom is 0.320 e. The molecule has 31 heavy (non-hydrogen) atoms. The molecule has 170 valence electrons. The molecule has 1 saturated carbocycles. The van der Waals surface area contributed by atoms with Crippen molar-refractivity contribution in [2.75, 3.05) is 39.3 Å². The summed E-state index contributed by atoms with van der Waals surface area (Å²) in [5.41, 5.74) is 1.59. The molecule has 0 N–H and O–H groups in total. The zero-order valence-electron chi connectivity index (χ0n) is 19.0. The Kier molecular flexibility index (Phi) is 6.51. The number of amides is 2. The summed E-state index contributed by atoms with van der Waals surface area (Å²) in [5, 5.41) is 2.29. The number of likely N-dealkylation sites (tertiary alicyclic amines) is 2. The lowest BCUT2D eigenvalue weighted by Crippen LogP contribution is -2.57. The summed E-state index contributed by atoms with van der Waals surface area (Å²) in [6, 6.07) is 11.7. The Hall–Kier alpha value is -1.59. The fourth-order valence-electron chi connectivity index (χ4n) is 6.38. The topological polar surface area (TPSA) is 36.0 Å². The highest BCUT2D eigenvalue weighted by atomic mass is 16.7. The van der Waals surface area contributed by atoms with Crippen LogP contribution in [-0.4, -0.2) is 66.3 Å². The third-order valence-electron chi connectivity index (χ3n) is 8.35. The molecule has 0 radical (unpaired) electrons. The van der Waals surface area contributed by atoms with Gasteiger partial charge in [-0.1, -0.05) is 49.6 Å². The highest BCUT2D eigenvalue weighted by Gasteiger charge is 2.43. The largest absolute Gasteiger partial charge is 0.325 e. The summed E-state index contributed by atoms with van der Waals surface area (Å²) >= 11 is 0. The fourth-order valence-corrected chi connectivity index (χ4v) is 6.38. The number of nitrogens with zero attached hydrogens (tertiary/aromatic N) is 3. The minimum atomic E-state index is 0.168. The van der Waals surface area contributed by atoms with Crippen molar-refractivity contribution < 1.29 is 9.63 Å². The van der Waals surface area contributed by atoms with E-state index in [2.05, 4.69) is 45.2 Å².